The molecule has 0 fully saturated rings. The highest BCUT2D eigenvalue weighted by molar-refractivity contribution is 5.76. The smallest absolute Gasteiger partial charge is 0.161 e. The van der Waals surface area contributed by atoms with Gasteiger partial charge in [0.05, 0.1) is 17.6 Å². The van der Waals surface area contributed by atoms with Crippen LogP contribution >= 0.6 is 0 Å². The van der Waals surface area contributed by atoms with Crippen molar-refractivity contribution in [2.45, 2.75) is 13.0 Å². The van der Waals surface area contributed by atoms with E-state index >= 15 is 0 Å². The van der Waals surface area contributed by atoms with E-state index in [4.69, 9.17) is 10.5 Å². The van der Waals surface area contributed by atoms with Crippen molar-refractivity contribution >= 4 is 11.0 Å². The van der Waals surface area contributed by atoms with Crippen LogP contribution in [0.1, 0.15) is 5.82 Å². The molecule has 120 valence electrons. The van der Waals surface area contributed by atoms with Crippen molar-refractivity contribution in [3.63, 3.8) is 0 Å². The van der Waals surface area contributed by atoms with Crippen molar-refractivity contribution < 1.29 is 13.5 Å². The summed E-state index contributed by atoms with van der Waals surface area (Å²) in [4.78, 5) is 4.39. The lowest BCUT2D eigenvalue weighted by molar-refractivity contribution is 0.317. The first kappa shape index (κ1) is 15.4. The Balaban J connectivity index is 1.83. The first-order chi connectivity index (χ1) is 11.2. The molecule has 0 aliphatic rings. The molecule has 0 radical (unpaired) electrons. The van der Waals surface area contributed by atoms with E-state index < -0.39 is 11.6 Å². The number of benzene rings is 2. The van der Waals surface area contributed by atoms with Crippen LogP contribution < -0.4 is 10.5 Å². The highest BCUT2D eigenvalue weighted by Crippen LogP contribution is 2.20. The van der Waals surface area contributed by atoms with E-state index in [2.05, 4.69) is 4.98 Å². The Morgan fingerprint density at radius 1 is 1.09 bits per heavy atom. The summed E-state index contributed by atoms with van der Waals surface area (Å²) in [6.07, 6.45) is 0.521. The number of hydrogen-bond acceptors (Lipinski definition) is 3. The van der Waals surface area contributed by atoms with E-state index in [1.165, 1.54) is 0 Å². The molecule has 0 spiro atoms. The Labute approximate surface area is 132 Å². The fraction of sp³-hybridized carbons (Fsp3) is 0.235. The Morgan fingerprint density at radius 3 is 2.57 bits per heavy atom. The van der Waals surface area contributed by atoms with Crippen molar-refractivity contribution in [2.75, 3.05) is 13.2 Å². The second-order valence-corrected chi connectivity index (χ2v) is 5.13. The first-order valence-corrected chi connectivity index (χ1v) is 7.41. The van der Waals surface area contributed by atoms with Crippen molar-refractivity contribution in [3.8, 4) is 5.75 Å². The monoisotopic (exact) mass is 317 g/mol. The maximum absolute atomic E-state index is 13.5. The second-order valence-electron chi connectivity index (χ2n) is 5.13. The van der Waals surface area contributed by atoms with Gasteiger partial charge in [-0.1, -0.05) is 18.2 Å². The molecular formula is C17H17F2N3O. The van der Waals surface area contributed by atoms with Crippen LogP contribution in [-0.4, -0.2) is 22.7 Å². The van der Waals surface area contributed by atoms with E-state index in [1.807, 2.05) is 34.9 Å². The van der Waals surface area contributed by atoms with Crippen molar-refractivity contribution in [2.24, 2.45) is 5.73 Å². The summed E-state index contributed by atoms with van der Waals surface area (Å²) in [6.45, 7) is 1.29. The fourth-order valence-electron chi connectivity index (χ4n) is 2.52. The number of halogens is 2. The van der Waals surface area contributed by atoms with Crippen molar-refractivity contribution in [1.82, 2.24) is 9.55 Å². The van der Waals surface area contributed by atoms with E-state index in [1.54, 1.807) is 0 Å². The van der Waals surface area contributed by atoms with Gasteiger partial charge < -0.3 is 15.0 Å². The molecule has 2 N–H and O–H groups in total. The number of fused-ring (bicyclic) bond motifs is 1. The van der Waals surface area contributed by atoms with Crippen molar-refractivity contribution in [3.05, 3.63) is 59.9 Å². The van der Waals surface area contributed by atoms with Gasteiger partial charge in [-0.15, -0.1) is 0 Å². The lowest BCUT2D eigenvalue weighted by Crippen LogP contribution is -2.14. The van der Waals surface area contributed by atoms with E-state index in [0.29, 0.717) is 43.0 Å². The van der Waals surface area contributed by atoms with Gasteiger partial charge in [0.25, 0.3) is 0 Å². The SMILES string of the molecule is NCCn1c(CCOc2ccccc2)nc2cc(F)c(F)cc21. The molecule has 3 rings (SSSR count). The average Bonchev–Trinajstić information content (AvgIpc) is 2.87. The number of para-hydroxylation sites is 1. The molecule has 0 unspecified atom stereocenters. The molecule has 3 aromatic rings. The van der Waals surface area contributed by atoms with Gasteiger partial charge in [-0.05, 0) is 12.1 Å². The van der Waals surface area contributed by atoms with Crippen LogP contribution in [0.2, 0.25) is 0 Å². The molecule has 23 heavy (non-hydrogen) atoms. The normalized spacial score (nSPS) is 11.1. The molecule has 6 heteroatoms. The molecule has 0 bridgehead atoms. The summed E-state index contributed by atoms with van der Waals surface area (Å²) in [5.74, 6) is -0.317. The van der Waals surface area contributed by atoms with Gasteiger partial charge in [-0.3, -0.25) is 0 Å². The summed E-state index contributed by atoms with van der Waals surface area (Å²) in [7, 11) is 0. The van der Waals surface area contributed by atoms with E-state index in [9.17, 15) is 8.78 Å². The van der Waals surface area contributed by atoms with Crippen LogP contribution in [0.15, 0.2) is 42.5 Å². The lowest BCUT2D eigenvalue weighted by Gasteiger charge is -2.09. The Kier molecular flexibility index (Phi) is 4.52. The molecule has 1 aromatic heterocycles. The standard InChI is InChI=1S/C17H17F2N3O/c18-13-10-15-16(11-14(13)19)22(8-7-20)17(21-15)6-9-23-12-4-2-1-3-5-12/h1-5,10-11H,6-9,20H2. The zero-order chi connectivity index (χ0) is 16.2. The van der Waals surface area contributed by atoms with Gasteiger partial charge in [-0.2, -0.15) is 0 Å². The summed E-state index contributed by atoms with van der Waals surface area (Å²) >= 11 is 0. The number of nitrogens with two attached hydrogens (primary N) is 1. The van der Waals surface area contributed by atoms with Crippen LogP contribution in [0.25, 0.3) is 11.0 Å². The minimum Gasteiger partial charge on any atom is -0.493 e. The highest BCUT2D eigenvalue weighted by Gasteiger charge is 2.14. The van der Waals surface area contributed by atoms with Gasteiger partial charge in [-0.25, -0.2) is 13.8 Å². The van der Waals surface area contributed by atoms with Gasteiger partial charge in [0, 0.05) is 31.6 Å². The minimum absolute atomic E-state index is 0.386. The topological polar surface area (TPSA) is 53.1 Å². The molecule has 0 aliphatic heterocycles. The molecule has 1 heterocycles. The van der Waals surface area contributed by atoms with Gasteiger partial charge >= 0.3 is 0 Å². The van der Waals surface area contributed by atoms with E-state index in [0.717, 1.165) is 17.9 Å². The summed E-state index contributed by atoms with van der Waals surface area (Å²) < 4.78 is 34.3. The summed E-state index contributed by atoms with van der Waals surface area (Å²) in [5, 5.41) is 0. The fourth-order valence-corrected chi connectivity index (χ4v) is 2.52. The summed E-state index contributed by atoms with van der Waals surface area (Å²) in [6, 6.07) is 11.7. The van der Waals surface area contributed by atoms with Crippen LogP contribution in [-0.2, 0) is 13.0 Å². The Bertz CT molecular complexity index is 802. The predicted molar refractivity (Wildman–Crippen MR) is 84.3 cm³/mol. The zero-order valence-electron chi connectivity index (χ0n) is 12.5. The van der Waals surface area contributed by atoms with Crippen molar-refractivity contribution in [1.29, 1.82) is 0 Å². The average molecular weight is 317 g/mol. The zero-order valence-corrected chi connectivity index (χ0v) is 12.5. The van der Waals surface area contributed by atoms with Gasteiger partial charge in [0.1, 0.15) is 11.6 Å². The third kappa shape index (κ3) is 3.32. The van der Waals surface area contributed by atoms with Crippen LogP contribution in [0, 0.1) is 11.6 Å². The number of nitrogens with zero attached hydrogens (tertiary/aromatic N) is 2. The van der Waals surface area contributed by atoms with Crippen LogP contribution in [0.4, 0.5) is 8.78 Å². The predicted octanol–water partition coefficient (Wildman–Crippen LogP) is 2.89. The quantitative estimate of drug-likeness (QED) is 0.760. The molecule has 0 amide bonds. The van der Waals surface area contributed by atoms with Gasteiger partial charge in [0.2, 0.25) is 0 Å². The molecule has 0 aliphatic carbocycles. The molecule has 4 nitrogen and oxygen atoms in total. The van der Waals surface area contributed by atoms with Crippen LogP contribution in [0.5, 0.6) is 5.75 Å². The number of imidazole rings is 1. The Morgan fingerprint density at radius 2 is 1.83 bits per heavy atom. The highest BCUT2D eigenvalue weighted by atomic mass is 19.2. The molecule has 0 atom stereocenters. The molecular weight excluding hydrogens is 300 g/mol. The number of rotatable bonds is 6. The minimum atomic E-state index is -0.901. The maximum Gasteiger partial charge on any atom is 0.161 e. The second kappa shape index (κ2) is 6.75. The third-order valence-electron chi connectivity index (χ3n) is 3.56. The summed E-state index contributed by atoms with van der Waals surface area (Å²) in [5.41, 5.74) is 6.59. The molecule has 0 saturated heterocycles. The Hall–Kier alpha value is -2.47. The van der Waals surface area contributed by atoms with Gasteiger partial charge in [0.15, 0.2) is 11.6 Å². The number of ether oxygens (including phenoxy) is 1. The van der Waals surface area contributed by atoms with E-state index in [-0.39, 0.29) is 0 Å². The lowest BCUT2D eigenvalue weighted by atomic mass is 10.3. The first-order valence-electron chi connectivity index (χ1n) is 7.41. The number of aromatic nitrogens is 2. The number of hydrogen-bond donors (Lipinski definition) is 1. The largest absolute Gasteiger partial charge is 0.493 e. The maximum atomic E-state index is 13.5. The molecule has 0 saturated carbocycles. The third-order valence-corrected chi connectivity index (χ3v) is 3.56. The van der Waals surface area contributed by atoms with Crippen LogP contribution in [0.3, 0.4) is 0 Å². The molecule has 2 aromatic carbocycles.